The lowest BCUT2D eigenvalue weighted by molar-refractivity contribution is -0.142. The van der Waals surface area contributed by atoms with Crippen LogP contribution in [0.15, 0.2) is 48.6 Å². The van der Waals surface area contributed by atoms with Crippen LogP contribution < -0.4 is 40.2 Å². The Kier molecular flexibility index (Phi) is 37.8. The van der Waals surface area contributed by atoms with Gasteiger partial charge in [-0.25, -0.2) is 33.7 Å². The van der Waals surface area contributed by atoms with Crippen LogP contribution in [0.5, 0.6) is 0 Å². The van der Waals surface area contributed by atoms with Crippen LogP contribution in [-0.4, -0.2) is 304 Å². The number of carbonyl (C=O) groups is 12. The van der Waals surface area contributed by atoms with Gasteiger partial charge in [-0.2, -0.15) is 0 Å². The van der Waals surface area contributed by atoms with Crippen LogP contribution in [0.4, 0.5) is 0 Å². The molecule has 8 fully saturated rings. The molecule has 0 bridgehead atoms. The number of rotatable bonds is 16. The van der Waals surface area contributed by atoms with Gasteiger partial charge in [0.15, 0.2) is 23.1 Å². The normalized spacial score (nSPS) is 36.9. The molecule has 4 aliphatic carbocycles. The van der Waals surface area contributed by atoms with Crippen molar-refractivity contribution < 1.29 is 110 Å². The van der Waals surface area contributed by atoms with Crippen molar-refractivity contribution in [3.63, 3.8) is 0 Å². The monoisotopic (exact) mass is 1960 g/mol. The van der Waals surface area contributed by atoms with Gasteiger partial charge in [0, 0.05) is 96.9 Å². The molecule has 8 heterocycles. The Labute approximate surface area is 794 Å². The third-order valence-corrected chi connectivity index (χ3v) is 33.0. The minimum Gasteiger partial charge on any atom is -0.379 e. The van der Waals surface area contributed by atoms with Gasteiger partial charge in [-0.1, -0.05) is 135 Å². The molecule has 12 rings (SSSR count). The zero-order valence-corrected chi connectivity index (χ0v) is 85.1. The van der Waals surface area contributed by atoms with E-state index in [0.717, 1.165) is 128 Å². The summed E-state index contributed by atoms with van der Waals surface area (Å²) >= 11 is 0. The van der Waals surface area contributed by atoms with Gasteiger partial charge >= 0.3 is 0 Å². The molecule has 0 unspecified atom stereocenters. The molecule has 0 aromatic rings. The van der Waals surface area contributed by atoms with E-state index in [2.05, 4.69) is 40.2 Å². The Morgan fingerprint density at radius 2 is 0.642 bits per heavy atom. The largest absolute Gasteiger partial charge is 0.379 e. The predicted molar refractivity (Wildman–Crippen MR) is 504 cm³/mol. The minimum atomic E-state index is -3.77. The van der Waals surface area contributed by atoms with Gasteiger partial charge in [0.2, 0.25) is 87.4 Å². The summed E-state index contributed by atoms with van der Waals surface area (Å²) in [6.45, 7) is 12.6. The molecule has 134 heavy (non-hydrogen) atoms. The van der Waals surface area contributed by atoms with Crippen LogP contribution in [-0.2, 0) is 117 Å². The summed E-state index contributed by atoms with van der Waals surface area (Å²) in [6.07, 6.45) is 37.3. The molecular formula is C94H152N12O24S4. The Morgan fingerprint density at radius 3 is 0.910 bits per heavy atom. The van der Waals surface area contributed by atoms with E-state index in [1.54, 1.807) is 76.2 Å². The Bertz CT molecular complexity index is 4720. The number of amides is 8. The second-order valence-corrected chi connectivity index (χ2v) is 47.7. The maximum Gasteiger partial charge on any atom is 0.240 e. The third-order valence-electron chi connectivity index (χ3n) is 30.8. The average Bonchev–Trinajstić information content (AvgIpc) is 1.56. The second-order valence-electron chi connectivity index (χ2n) is 40.7. The number of ether oxygens (including phenoxy) is 4. The summed E-state index contributed by atoms with van der Waals surface area (Å²) in [5.74, 6) is -5.57. The van der Waals surface area contributed by atoms with E-state index in [1.807, 2.05) is 90.2 Å². The molecule has 0 aromatic heterocycles. The molecule has 36 nitrogen and oxygen atoms in total. The molecular weight excluding hydrogens is 1810 g/mol. The molecule has 4 saturated heterocycles. The fraction of sp³-hybridized carbons (Fsp3) is 0.787. The number of hydrogen-bond donors (Lipinski definition) is 8. The predicted octanol–water partition coefficient (Wildman–Crippen LogP) is 4.77. The van der Waals surface area contributed by atoms with E-state index in [4.69, 9.17) is 18.9 Å². The first-order valence-corrected chi connectivity index (χ1v) is 55.3. The number of nitrogens with zero attached hydrogens (tertiary/aromatic N) is 4. The first-order chi connectivity index (χ1) is 62.8. The first-order valence-electron chi connectivity index (χ1n) is 47.7. The fourth-order valence-corrected chi connectivity index (χ4v) is 24.2. The minimum absolute atomic E-state index is 0.108. The van der Waals surface area contributed by atoms with Crippen molar-refractivity contribution in [1.82, 2.24) is 59.8 Å². The highest BCUT2D eigenvalue weighted by atomic mass is 32.2. The number of nitrogens with one attached hydrogen (secondary N) is 8. The summed E-state index contributed by atoms with van der Waals surface area (Å²) in [5, 5.41) is 12.4. The van der Waals surface area contributed by atoms with Crippen molar-refractivity contribution >= 4 is 110 Å². The second kappa shape index (κ2) is 45.9. The molecule has 8 N–H and O–H groups in total. The van der Waals surface area contributed by atoms with Crippen molar-refractivity contribution in [2.45, 2.75) is 294 Å². The summed E-state index contributed by atoms with van der Waals surface area (Å²) in [6, 6.07) is -4.52. The maximum absolute atomic E-state index is 13.8. The van der Waals surface area contributed by atoms with Gasteiger partial charge in [-0.05, 0) is 162 Å². The molecule has 0 spiro atoms. The average molecular weight is 1960 g/mol. The molecule has 12 aliphatic rings. The Balaban J connectivity index is 0.000000201. The molecule has 4 saturated carbocycles. The van der Waals surface area contributed by atoms with Gasteiger partial charge in [-0.3, -0.25) is 76.4 Å². The van der Waals surface area contributed by atoms with Crippen LogP contribution in [0.1, 0.15) is 221 Å². The number of fused-ring (bicyclic) bond motifs is 8. The molecule has 8 aliphatic heterocycles. The SMILES string of the molecule is CN[C@H]1CCCCC/C=C\[C@@H]2C[C@@]2(C(=O)NS(C)(=O)=O)CC(=O)[C@@H]2[C@@H](C)[C@@H](OC)CN2C1=O.CN[C@H]1CCCCC/C=C\[C@@H]2C[C@@]2(C(=O)NS(C)(=O)=O)CC(=O)[C@@H]2[C@H](C)[C@@H](OC)CN2C1=O.CN[C@H]1CCCCC/C=C\[C@@H]2C[C@@]2(C(=O)NS(C)(=O)=O)CC(=O)[C@@H]2[C@H](C)[C@@](C)(OC)CN2C1=O.CN[C@H]1CCCCC/C=C\[C@@H]2C[C@@]2(C(=O)NS(C)(=O)=O)CC(=O)[C@H]2N(C[C@H](OC)C2(C)C)C1=O. The van der Waals surface area contributed by atoms with E-state index in [9.17, 15) is 91.2 Å². The van der Waals surface area contributed by atoms with E-state index in [1.165, 1.54) is 0 Å². The van der Waals surface area contributed by atoms with Crippen LogP contribution in [0.3, 0.4) is 0 Å². The van der Waals surface area contributed by atoms with Gasteiger partial charge < -0.3 is 59.8 Å². The molecule has 23 atom stereocenters. The highest BCUT2D eigenvalue weighted by molar-refractivity contribution is 7.90. The van der Waals surface area contributed by atoms with Gasteiger partial charge in [0.25, 0.3) is 0 Å². The summed E-state index contributed by atoms with van der Waals surface area (Å²) in [7, 11) is -1.73. The van der Waals surface area contributed by atoms with E-state index in [-0.39, 0.29) is 151 Å². The van der Waals surface area contributed by atoms with Crippen LogP contribution >= 0.6 is 0 Å². The van der Waals surface area contributed by atoms with Crippen molar-refractivity contribution in [3.8, 4) is 0 Å². The number of carbonyl (C=O) groups excluding carboxylic acids is 12. The number of hydrogen-bond acceptors (Lipinski definition) is 28. The summed E-state index contributed by atoms with van der Waals surface area (Å²) < 4.78 is 125. The zero-order valence-electron chi connectivity index (χ0n) is 81.9. The van der Waals surface area contributed by atoms with Crippen molar-refractivity contribution in [2.75, 3.05) is 108 Å². The topological polar surface area (TPSA) is 488 Å². The highest BCUT2D eigenvalue weighted by Crippen LogP contribution is 2.61. The van der Waals surface area contributed by atoms with Crippen LogP contribution in [0, 0.1) is 68.5 Å². The smallest absolute Gasteiger partial charge is 0.240 e. The zero-order chi connectivity index (χ0) is 99.4. The number of ketones is 4. The quantitative estimate of drug-likeness (QED) is 0.0964. The van der Waals surface area contributed by atoms with Crippen LogP contribution in [0.25, 0.3) is 0 Å². The fourth-order valence-electron chi connectivity index (χ4n) is 22.1. The lowest BCUT2D eigenvalue weighted by Gasteiger charge is -2.35. The van der Waals surface area contributed by atoms with Gasteiger partial charge in [0.1, 0.15) is 0 Å². The number of Topliss-reactive ketones (excluding diaryl/α,β-unsaturated/α-hetero) is 4. The molecule has 40 heteroatoms. The Hall–Kier alpha value is -7.12. The third kappa shape index (κ3) is 26.5. The molecule has 8 amide bonds. The number of methoxy groups -OCH3 is 4. The van der Waals surface area contributed by atoms with E-state index < -0.39 is 133 Å². The van der Waals surface area contributed by atoms with E-state index in [0.29, 0.717) is 71.0 Å². The van der Waals surface area contributed by atoms with Crippen molar-refractivity contribution in [2.24, 2.45) is 68.5 Å². The Morgan fingerprint density at radius 1 is 0.366 bits per heavy atom. The number of sulfonamides is 4. The van der Waals surface area contributed by atoms with Crippen molar-refractivity contribution in [1.29, 1.82) is 0 Å². The standard InChI is InChI=1S/2C24H39N3O6S.2C23H37N3O6S/c1-23(2)19(33-4)15-27-20(23)18(28)14-24(22(30)26-34(5,31)32)13-16(24)11-9-7-6-8-10-12-17(25-3)21(27)29;1-16-20-19(28)14-24(22(30)26-34(5,31)32)13-17(24)11-9-7-6-8-10-12-18(25-3)21(29)27(20)15-23(16,2)33-4;2*1-15-19(32-3)14-26-20(15)18(27)13-23(22(29)25-33(4,30)31)12-16(23)10-8-6-5-7-9-11-17(24-2)21(26)28/h9,11,16-17,19-20,25H,6-8,10,12-15H2,1-5H3,(H,26,30);9,11,16-18,20,25H,6-8,10,12-15H2,1-5H3,(H,26,30);2*8,10,15-17,19-20,24H,5-7,9,11-14H2,1-4H3,(H,25,29)/b2*11-9-;2*10-8-/t16-,17+,19+,20-,24-;16-,17+,18-,20-,23-,24+;15-,16+,17-,19-,20-,23+;15-,16-,17+,19+,20+,23-/m1001/s1. The van der Waals surface area contributed by atoms with E-state index >= 15 is 0 Å². The molecule has 0 aromatic carbocycles. The van der Waals surface area contributed by atoms with Crippen molar-refractivity contribution in [3.05, 3.63) is 48.6 Å². The summed E-state index contributed by atoms with van der Waals surface area (Å²) in [4.78, 5) is 167. The molecule has 0 radical (unpaired) electrons. The number of allylic oxidation sites excluding steroid dienone is 8. The van der Waals surface area contributed by atoms with Gasteiger partial charge in [0.05, 0.1) is 125 Å². The van der Waals surface area contributed by atoms with Gasteiger partial charge in [-0.15, -0.1) is 0 Å². The summed E-state index contributed by atoms with van der Waals surface area (Å²) in [5.41, 5.74) is -5.79. The van der Waals surface area contributed by atoms with Crippen LogP contribution in [0.2, 0.25) is 0 Å². The molecule has 756 valence electrons. The first kappa shape index (κ1) is 111. The maximum atomic E-state index is 13.8. The highest BCUT2D eigenvalue weighted by Gasteiger charge is 2.67. The number of likely N-dealkylation sites (N-methyl/N-ethyl adjacent to an activating group) is 4. The lowest BCUT2D eigenvalue weighted by atomic mass is 9.77. The lowest BCUT2D eigenvalue weighted by Crippen LogP contribution is -2.53.